The number of fused-ring (bicyclic) bond motifs is 5. The van der Waals surface area contributed by atoms with E-state index in [0.29, 0.717) is 0 Å². The van der Waals surface area contributed by atoms with Crippen molar-refractivity contribution in [2.45, 2.75) is 122 Å². The zero-order valence-electron chi connectivity index (χ0n) is 28.7. The minimum atomic E-state index is 0.723. The number of allylic oxidation sites excluding steroid dienone is 2. The average molecular weight is 607 g/mol. The normalized spacial score (nSPS) is 27.3. The SMILES string of the molecule is C1CNCCN1.CCCCCC1CCC(c2cc3ccccc3c3ccc4c(c23)CCC(C=CC2CCC(CC)CC2)C4)CC1. The van der Waals surface area contributed by atoms with Crippen LogP contribution in [0.1, 0.15) is 126 Å². The van der Waals surface area contributed by atoms with Gasteiger partial charge in [-0.25, -0.2) is 0 Å². The molecule has 2 heteroatoms. The third-order valence-corrected chi connectivity index (χ3v) is 12.1. The Bertz CT molecular complexity index is 1360. The van der Waals surface area contributed by atoms with Crippen LogP contribution in [0.15, 0.2) is 54.6 Å². The van der Waals surface area contributed by atoms with Gasteiger partial charge in [-0.15, -0.1) is 0 Å². The molecular formula is C43H62N2. The number of aryl methyl sites for hydroxylation is 1. The maximum absolute atomic E-state index is 3.22. The Kier molecular flexibility index (Phi) is 12.1. The number of unbranched alkanes of at least 4 members (excludes halogenated alkanes) is 2. The lowest BCUT2D eigenvalue weighted by Gasteiger charge is -2.32. The van der Waals surface area contributed by atoms with Gasteiger partial charge >= 0.3 is 0 Å². The number of rotatable bonds is 8. The van der Waals surface area contributed by atoms with Crippen LogP contribution < -0.4 is 10.6 Å². The minimum absolute atomic E-state index is 0.723. The summed E-state index contributed by atoms with van der Waals surface area (Å²) in [5, 5.41) is 12.5. The van der Waals surface area contributed by atoms with Crippen molar-refractivity contribution in [3.8, 4) is 0 Å². The summed E-state index contributed by atoms with van der Waals surface area (Å²) >= 11 is 0. The third kappa shape index (κ3) is 8.41. The van der Waals surface area contributed by atoms with E-state index >= 15 is 0 Å². The van der Waals surface area contributed by atoms with Gasteiger partial charge in [0, 0.05) is 26.2 Å². The van der Waals surface area contributed by atoms with Gasteiger partial charge in [0.15, 0.2) is 0 Å². The van der Waals surface area contributed by atoms with Crippen molar-refractivity contribution < 1.29 is 0 Å². The van der Waals surface area contributed by atoms with Crippen LogP contribution in [0.5, 0.6) is 0 Å². The van der Waals surface area contributed by atoms with Gasteiger partial charge < -0.3 is 10.6 Å². The predicted molar refractivity (Wildman–Crippen MR) is 196 cm³/mol. The highest BCUT2D eigenvalue weighted by Crippen LogP contribution is 2.45. The maximum atomic E-state index is 3.22. The summed E-state index contributed by atoms with van der Waals surface area (Å²) in [5.74, 6) is 4.26. The molecular weight excluding hydrogens is 544 g/mol. The quantitative estimate of drug-likeness (QED) is 0.151. The molecule has 0 amide bonds. The largest absolute Gasteiger partial charge is 0.314 e. The summed E-state index contributed by atoms with van der Waals surface area (Å²) in [7, 11) is 0. The molecule has 244 valence electrons. The number of hydrogen-bond acceptors (Lipinski definition) is 2. The van der Waals surface area contributed by atoms with Crippen LogP contribution in [0.25, 0.3) is 21.5 Å². The Labute approximate surface area is 275 Å². The second-order valence-electron chi connectivity index (χ2n) is 15.1. The van der Waals surface area contributed by atoms with Crippen molar-refractivity contribution in [3.63, 3.8) is 0 Å². The summed E-state index contributed by atoms with van der Waals surface area (Å²) < 4.78 is 0. The van der Waals surface area contributed by atoms with E-state index in [1.165, 1.54) is 119 Å². The van der Waals surface area contributed by atoms with Crippen LogP contribution >= 0.6 is 0 Å². The fraction of sp³-hybridized carbons (Fsp3) is 0.628. The van der Waals surface area contributed by atoms with Crippen LogP contribution in [-0.2, 0) is 12.8 Å². The number of piperazine rings is 1. The number of benzene rings is 3. The first-order chi connectivity index (χ1) is 22.2. The lowest BCUT2D eigenvalue weighted by molar-refractivity contribution is 0.303. The van der Waals surface area contributed by atoms with E-state index in [1.807, 2.05) is 0 Å². The zero-order chi connectivity index (χ0) is 30.8. The predicted octanol–water partition coefficient (Wildman–Crippen LogP) is 10.9. The van der Waals surface area contributed by atoms with Crippen molar-refractivity contribution >= 4 is 21.5 Å². The molecule has 2 saturated carbocycles. The van der Waals surface area contributed by atoms with E-state index in [-0.39, 0.29) is 0 Å². The Morgan fingerprint density at radius 1 is 0.689 bits per heavy atom. The monoisotopic (exact) mass is 606 g/mol. The van der Waals surface area contributed by atoms with Gasteiger partial charge in [-0.05, 0) is 138 Å². The molecule has 1 saturated heterocycles. The molecule has 1 atom stereocenters. The summed E-state index contributed by atoms with van der Waals surface area (Å²) in [6, 6.07) is 16.8. The standard InChI is InChI=1S/C39H52.C4H10N2/c1-3-5-6-9-29-18-21-32(22-19-29)38-27-33-10-7-8-11-35(33)37-25-23-34-26-31(20-24-36(34)39(37)38)17-16-30-14-12-28(4-2)13-15-30;1-2-6-4-3-5-1/h7-8,10-11,16-17,23,25,27-32H,3-6,9,12-15,18-22,24,26H2,1-2H3;5-6H,1-4H2. The third-order valence-electron chi connectivity index (χ3n) is 12.1. The first kappa shape index (κ1) is 32.8. The summed E-state index contributed by atoms with van der Waals surface area (Å²) in [6.45, 7) is 9.26. The molecule has 7 rings (SSSR count). The van der Waals surface area contributed by atoms with Gasteiger partial charge in [0.25, 0.3) is 0 Å². The molecule has 0 bridgehead atoms. The smallest absolute Gasteiger partial charge is 0.00772 e. The van der Waals surface area contributed by atoms with Gasteiger partial charge in [0.1, 0.15) is 0 Å². The van der Waals surface area contributed by atoms with Crippen LogP contribution in [0.4, 0.5) is 0 Å². The molecule has 1 heterocycles. The molecule has 45 heavy (non-hydrogen) atoms. The van der Waals surface area contributed by atoms with Gasteiger partial charge in [0.2, 0.25) is 0 Å². The lowest BCUT2D eigenvalue weighted by atomic mass is 9.73. The van der Waals surface area contributed by atoms with Crippen molar-refractivity contribution in [3.05, 3.63) is 71.3 Å². The van der Waals surface area contributed by atoms with Crippen molar-refractivity contribution in [1.29, 1.82) is 0 Å². The summed E-state index contributed by atoms with van der Waals surface area (Å²) in [6.07, 6.45) is 27.5. The van der Waals surface area contributed by atoms with E-state index in [9.17, 15) is 0 Å². The van der Waals surface area contributed by atoms with E-state index < -0.39 is 0 Å². The van der Waals surface area contributed by atoms with E-state index in [4.69, 9.17) is 0 Å². The minimum Gasteiger partial charge on any atom is -0.314 e. The highest BCUT2D eigenvalue weighted by molar-refractivity contribution is 6.10. The molecule has 1 unspecified atom stereocenters. The van der Waals surface area contributed by atoms with Crippen molar-refractivity contribution in [2.24, 2.45) is 23.7 Å². The van der Waals surface area contributed by atoms with Gasteiger partial charge in [-0.2, -0.15) is 0 Å². The highest BCUT2D eigenvalue weighted by atomic mass is 15.0. The Morgan fingerprint density at radius 3 is 2.11 bits per heavy atom. The summed E-state index contributed by atoms with van der Waals surface area (Å²) in [5.41, 5.74) is 5.03. The molecule has 0 spiro atoms. The molecule has 1 aliphatic heterocycles. The van der Waals surface area contributed by atoms with Gasteiger partial charge in [-0.1, -0.05) is 101 Å². The molecule has 3 aromatic rings. The second-order valence-corrected chi connectivity index (χ2v) is 15.1. The van der Waals surface area contributed by atoms with Gasteiger partial charge in [0.05, 0.1) is 0 Å². The van der Waals surface area contributed by atoms with E-state index in [1.54, 1.807) is 22.1 Å². The molecule has 3 aliphatic carbocycles. The number of nitrogens with one attached hydrogen (secondary N) is 2. The van der Waals surface area contributed by atoms with Crippen LogP contribution in [0, 0.1) is 23.7 Å². The topological polar surface area (TPSA) is 24.1 Å². The maximum Gasteiger partial charge on any atom is 0.00772 e. The first-order valence-corrected chi connectivity index (χ1v) is 19.3. The molecule has 2 N–H and O–H groups in total. The molecule has 0 radical (unpaired) electrons. The molecule has 0 aromatic heterocycles. The van der Waals surface area contributed by atoms with E-state index in [0.717, 1.165) is 55.8 Å². The Balaban J connectivity index is 0.000000535. The second kappa shape index (κ2) is 16.6. The molecule has 2 nitrogen and oxygen atoms in total. The number of hydrogen-bond donors (Lipinski definition) is 2. The molecule has 4 aliphatic rings. The van der Waals surface area contributed by atoms with Gasteiger partial charge in [-0.3, -0.25) is 0 Å². The van der Waals surface area contributed by atoms with Crippen molar-refractivity contribution in [1.82, 2.24) is 10.6 Å². The fourth-order valence-electron chi connectivity index (χ4n) is 9.18. The molecule has 3 aromatic carbocycles. The zero-order valence-corrected chi connectivity index (χ0v) is 28.7. The van der Waals surface area contributed by atoms with Crippen molar-refractivity contribution in [2.75, 3.05) is 26.2 Å². The Hall–Kier alpha value is -2.16. The fourth-order valence-corrected chi connectivity index (χ4v) is 9.18. The van der Waals surface area contributed by atoms with E-state index in [2.05, 4.69) is 79.1 Å². The Morgan fingerprint density at radius 2 is 1.40 bits per heavy atom. The lowest BCUT2D eigenvalue weighted by Crippen LogP contribution is -2.39. The van der Waals surface area contributed by atoms with Crippen LogP contribution in [0.2, 0.25) is 0 Å². The molecule has 3 fully saturated rings. The van der Waals surface area contributed by atoms with Crippen LogP contribution in [-0.4, -0.2) is 26.2 Å². The first-order valence-electron chi connectivity index (χ1n) is 19.3. The van der Waals surface area contributed by atoms with Crippen LogP contribution in [0.3, 0.4) is 0 Å². The average Bonchev–Trinajstić information content (AvgIpc) is 3.11. The summed E-state index contributed by atoms with van der Waals surface area (Å²) in [4.78, 5) is 0. The highest BCUT2D eigenvalue weighted by Gasteiger charge is 2.27.